The van der Waals surface area contributed by atoms with E-state index in [1.807, 2.05) is 0 Å². The van der Waals surface area contributed by atoms with E-state index in [4.69, 9.17) is 10.7 Å². The molecule has 0 atom stereocenters. The Labute approximate surface area is 100 Å². The lowest BCUT2D eigenvalue weighted by Crippen LogP contribution is -2.13. The summed E-state index contributed by atoms with van der Waals surface area (Å²) in [6.45, 7) is 1.69. The first-order valence-electron chi connectivity index (χ1n) is 4.58. The summed E-state index contributed by atoms with van der Waals surface area (Å²) in [6, 6.07) is 0. The van der Waals surface area contributed by atoms with Crippen molar-refractivity contribution in [3.8, 4) is 0 Å². The van der Waals surface area contributed by atoms with Gasteiger partial charge in [-0.15, -0.1) is 10.2 Å². The molecule has 0 N–H and O–H groups in total. The fourth-order valence-corrected chi connectivity index (χ4v) is 2.23. The summed E-state index contributed by atoms with van der Waals surface area (Å²) in [5.74, 6) is -0.0518. The molecule has 0 aliphatic rings. The largest absolute Gasteiger partial charge is 0.389 e. The van der Waals surface area contributed by atoms with Crippen molar-refractivity contribution < 1.29 is 21.6 Å². The molecule has 1 aromatic rings. The molecule has 10 heteroatoms. The van der Waals surface area contributed by atoms with Crippen LogP contribution in [0.4, 0.5) is 13.2 Å². The van der Waals surface area contributed by atoms with E-state index in [-0.39, 0.29) is 12.4 Å². The van der Waals surface area contributed by atoms with Crippen molar-refractivity contribution in [3.05, 3.63) is 5.82 Å². The number of hydrogen-bond acceptors (Lipinski definition) is 4. The molecule has 0 bridgehead atoms. The molecule has 1 aromatic heterocycles. The number of nitrogens with zero attached hydrogens (tertiary/aromatic N) is 3. The summed E-state index contributed by atoms with van der Waals surface area (Å²) in [6.07, 6.45) is -5.85. The number of halogens is 4. The van der Waals surface area contributed by atoms with E-state index in [1.165, 1.54) is 0 Å². The van der Waals surface area contributed by atoms with Gasteiger partial charge in [-0.05, 0) is 6.92 Å². The second-order valence-electron chi connectivity index (χ2n) is 3.20. The summed E-state index contributed by atoms with van der Waals surface area (Å²) < 4.78 is 59.2. The average molecular weight is 292 g/mol. The van der Waals surface area contributed by atoms with Crippen molar-refractivity contribution in [1.82, 2.24) is 14.8 Å². The van der Waals surface area contributed by atoms with Crippen LogP contribution in [0.5, 0.6) is 0 Å². The SMILES string of the molecule is CCn1c(CCC(F)(F)F)nnc1S(=O)(=O)Cl. The van der Waals surface area contributed by atoms with Crippen LogP contribution in [0.1, 0.15) is 19.2 Å². The molecule has 0 saturated carbocycles. The highest BCUT2D eigenvalue weighted by atomic mass is 35.7. The van der Waals surface area contributed by atoms with Crippen LogP contribution in [0, 0.1) is 0 Å². The van der Waals surface area contributed by atoms with Crippen molar-refractivity contribution >= 4 is 19.7 Å². The predicted molar refractivity (Wildman–Crippen MR) is 53.1 cm³/mol. The van der Waals surface area contributed by atoms with Crippen LogP contribution >= 0.6 is 10.7 Å². The molecule has 1 heterocycles. The first kappa shape index (κ1) is 14.2. The molecule has 0 unspecified atom stereocenters. The quantitative estimate of drug-likeness (QED) is 0.792. The Hall–Kier alpha value is -0.830. The fraction of sp³-hybridized carbons (Fsp3) is 0.714. The lowest BCUT2D eigenvalue weighted by Gasteiger charge is -2.07. The van der Waals surface area contributed by atoms with Gasteiger partial charge in [-0.2, -0.15) is 13.2 Å². The molecule has 98 valence electrons. The zero-order chi connectivity index (χ0) is 13.3. The summed E-state index contributed by atoms with van der Waals surface area (Å²) in [5.41, 5.74) is 0. The third-order valence-electron chi connectivity index (χ3n) is 1.96. The molecular formula is C7H9ClF3N3O2S. The standard InChI is InChI=1S/C7H9ClF3N3O2S/c1-2-14-5(3-4-7(9,10)11)12-13-6(14)17(8,15)16/h2-4H2,1H3. The van der Waals surface area contributed by atoms with Gasteiger partial charge in [0.1, 0.15) is 5.82 Å². The van der Waals surface area contributed by atoms with Gasteiger partial charge in [0.2, 0.25) is 0 Å². The maximum atomic E-state index is 12.0. The Bertz CT molecular complexity index is 497. The van der Waals surface area contributed by atoms with Gasteiger partial charge in [0.05, 0.1) is 6.42 Å². The first-order chi connectivity index (χ1) is 7.65. The number of hydrogen-bond donors (Lipinski definition) is 0. The second-order valence-corrected chi connectivity index (χ2v) is 5.66. The maximum absolute atomic E-state index is 12.0. The van der Waals surface area contributed by atoms with Gasteiger partial charge in [0.25, 0.3) is 14.2 Å². The Balaban J connectivity index is 3.00. The average Bonchev–Trinajstić information content (AvgIpc) is 2.55. The molecule has 1 rings (SSSR count). The van der Waals surface area contributed by atoms with Crippen molar-refractivity contribution in [1.29, 1.82) is 0 Å². The van der Waals surface area contributed by atoms with E-state index >= 15 is 0 Å². The third kappa shape index (κ3) is 3.84. The highest BCUT2D eigenvalue weighted by molar-refractivity contribution is 8.13. The zero-order valence-corrected chi connectivity index (χ0v) is 10.3. The van der Waals surface area contributed by atoms with E-state index in [2.05, 4.69) is 10.2 Å². The minimum absolute atomic E-state index is 0.0518. The molecule has 0 spiro atoms. The minimum atomic E-state index is -4.33. The van der Waals surface area contributed by atoms with Crippen molar-refractivity contribution in [2.24, 2.45) is 0 Å². The molecule has 0 amide bonds. The highest BCUT2D eigenvalue weighted by Gasteiger charge is 2.29. The summed E-state index contributed by atoms with van der Waals surface area (Å²) >= 11 is 0. The normalized spacial score (nSPS) is 13.0. The topological polar surface area (TPSA) is 64.8 Å². The molecule has 0 aliphatic carbocycles. The third-order valence-corrected chi connectivity index (χ3v) is 3.11. The lowest BCUT2D eigenvalue weighted by atomic mass is 10.3. The van der Waals surface area contributed by atoms with Gasteiger partial charge in [0.15, 0.2) is 0 Å². The van der Waals surface area contributed by atoms with Gasteiger partial charge in [-0.1, -0.05) is 0 Å². The van der Waals surface area contributed by atoms with E-state index in [1.54, 1.807) is 6.92 Å². The van der Waals surface area contributed by atoms with Crippen LogP contribution < -0.4 is 0 Å². The van der Waals surface area contributed by atoms with Gasteiger partial charge in [-0.3, -0.25) is 0 Å². The number of rotatable bonds is 4. The summed E-state index contributed by atoms with van der Waals surface area (Å²) in [7, 11) is 0.974. The zero-order valence-electron chi connectivity index (χ0n) is 8.70. The molecule has 0 saturated heterocycles. The monoisotopic (exact) mass is 291 g/mol. The summed E-state index contributed by atoms with van der Waals surface area (Å²) in [4.78, 5) is 0. The first-order valence-corrected chi connectivity index (χ1v) is 6.89. The number of alkyl halides is 3. The van der Waals surface area contributed by atoms with Crippen molar-refractivity contribution in [2.75, 3.05) is 0 Å². The van der Waals surface area contributed by atoms with Gasteiger partial charge < -0.3 is 4.57 Å². The Morgan fingerprint density at radius 3 is 2.35 bits per heavy atom. The minimum Gasteiger partial charge on any atom is -0.301 e. The van der Waals surface area contributed by atoms with Crippen LogP contribution in [0.25, 0.3) is 0 Å². The van der Waals surface area contributed by atoms with E-state index in [9.17, 15) is 21.6 Å². The van der Waals surface area contributed by atoms with Crippen LogP contribution in [0.2, 0.25) is 0 Å². The number of aryl methyl sites for hydroxylation is 1. The Kier molecular flexibility index (Phi) is 4.03. The Morgan fingerprint density at radius 2 is 1.94 bits per heavy atom. The van der Waals surface area contributed by atoms with Crippen LogP contribution in [0.15, 0.2) is 5.16 Å². The molecule has 0 radical (unpaired) electrons. The lowest BCUT2D eigenvalue weighted by molar-refractivity contribution is -0.134. The van der Waals surface area contributed by atoms with Crippen LogP contribution in [-0.4, -0.2) is 29.4 Å². The highest BCUT2D eigenvalue weighted by Crippen LogP contribution is 2.22. The van der Waals surface area contributed by atoms with Crippen molar-refractivity contribution in [3.63, 3.8) is 0 Å². The molecule has 5 nitrogen and oxygen atoms in total. The molecular weight excluding hydrogens is 283 g/mol. The van der Waals surface area contributed by atoms with Crippen molar-refractivity contribution in [2.45, 2.75) is 37.6 Å². The second kappa shape index (κ2) is 4.81. The van der Waals surface area contributed by atoms with Crippen LogP contribution in [0.3, 0.4) is 0 Å². The molecule has 17 heavy (non-hydrogen) atoms. The van der Waals surface area contributed by atoms with Gasteiger partial charge >= 0.3 is 6.18 Å². The molecule has 0 fully saturated rings. The fourth-order valence-electron chi connectivity index (χ4n) is 1.26. The smallest absolute Gasteiger partial charge is 0.301 e. The molecule has 0 aromatic carbocycles. The Morgan fingerprint density at radius 1 is 1.35 bits per heavy atom. The maximum Gasteiger partial charge on any atom is 0.389 e. The van der Waals surface area contributed by atoms with Crippen LogP contribution in [-0.2, 0) is 22.0 Å². The van der Waals surface area contributed by atoms with Gasteiger partial charge in [0, 0.05) is 23.6 Å². The van der Waals surface area contributed by atoms with E-state index in [0.29, 0.717) is 0 Å². The summed E-state index contributed by atoms with van der Waals surface area (Å²) in [5, 5.41) is 6.16. The predicted octanol–water partition coefficient (Wildman–Crippen LogP) is 1.72. The van der Waals surface area contributed by atoms with Gasteiger partial charge in [-0.25, -0.2) is 8.42 Å². The van der Waals surface area contributed by atoms with E-state index in [0.717, 1.165) is 4.57 Å². The molecule has 0 aliphatic heterocycles. The number of aromatic nitrogens is 3. The van der Waals surface area contributed by atoms with E-state index < -0.39 is 33.2 Å².